The van der Waals surface area contributed by atoms with E-state index in [1.54, 1.807) is 42.2 Å². The van der Waals surface area contributed by atoms with Crippen molar-refractivity contribution in [3.8, 4) is 0 Å². The Morgan fingerprint density at radius 2 is 2.04 bits per heavy atom. The number of aromatic nitrogens is 4. The lowest BCUT2D eigenvalue weighted by molar-refractivity contribution is 0.705. The van der Waals surface area contributed by atoms with Gasteiger partial charge >= 0.3 is 5.69 Å². The molecule has 9 nitrogen and oxygen atoms in total. The minimum atomic E-state index is -0.409. The maximum absolute atomic E-state index is 12.3. The summed E-state index contributed by atoms with van der Waals surface area (Å²) in [4.78, 5) is 33.1. The lowest BCUT2D eigenvalue weighted by atomic mass is 10.5. The molecule has 2 aromatic rings. The van der Waals surface area contributed by atoms with E-state index in [4.69, 9.17) is 0 Å². The number of aryl methyl sites for hydroxylation is 2. The first-order chi connectivity index (χ1) is 11.9. The topological polar surface area (TPSA) is 98.6 Å². The number of thioether (sulfide) groups is 2. The lowest BCUT2D eigenvalue weighted by Crippen LogP contribution is -2.37. The van der Waals surface area contributed by atoms with Gasteiger partial charge in [-0.15, -0.1) is 0 Å². The van der Waals surface area contributed by atoms with E-state index in [-0.39, 0.29) is 5.56 Å². The summed E-state index contributed by atoms with van der Waals surface area (Å²) in [6.45, 7) is 2.80. The molecule has 0 saturated heterocycles. The van der Waals surface area contributed by atoms with Crippen molar-refractivity contribution in [2.24, 2.45) is 31.2 Å². The molecule has 25 heavy (non-hydrogen) atoms. The summed E-state index contributed by atoms with van der Waals surface area (Å²) in [5, 5.41) is 4.32. The second-order valence-electron chi connectivity index (χ2n) is 5.62. The van der Waals surface area contributed by atoms with Crippen molar-refractivity contribution in [1.82, 2.24) is 18.7 Å². The van der Waals surface area contributed by atoms with Gasteiger partial charge < -0.3 is 4.57 Å². The SMILES string of the molecule is CC(CSC1=NCCS1)=NNc1nc2c(c(=O)n(C)c(=O)n2C)n1C. The van der Waals surface area contributed by atoms with Crippen LogP contribution in [0.2, 0.25) is 0 Å². The molecule has 0 bridgehead atoms. The van der Waals surface area contributed by atoms with Gasteiger partial charge in [0, 0.05) is 38.4 Å². The number of hydrazone groups is 1. The fourth-order valence-electron chi connectivity index (χ4n) is 2.37. The molecule has 1 N–H and O–H groups in total. The van der Waals surface area contributed by atoms with E-state index in [1.165, 1.54) is 11.6 Å². The van der Waals surface area contributed by atoms with Crippen LogP contribution in [-0.4, -0.2) is 46.8 Å². The highest BCUT2D eigenvalue weighted by Crippen LogP contribution is 2.22. The Morgan fingerprint density at radius 3 is 2.72 bits per heavy atom. The predicted molar refractivity (Wildman–Crippen MR) is 105 cm³/mol. The molecular weight excluding hydrogens is 362 g/mol. The quantitative estimate of drug-likeness (QED) is 0.615. The van der Waals surface area contributed by atoms with Crippen LogP contribution < -0.4 is 16.7 Å². The molecule has 0 radical (unpaired) electrons. The van der Waals surface area contributed by atoms with Crippen molar-refractivity contribution in [3.63, 3.8) is 0 Å². The number of hydrogen-bond acceptors (Lipinski definition) is 8. The minimum Gasteiger partial charge on any atom is -0.306 e. The minimum absolute atomic E-state index is 0.331. The van der Waals surface area contributed by atoms with E-state index in [0.29, 0.717) is 17.1 Å². The molecule has 0 aromatic carbocycles. The van der Waals surface area contributed by atoms with Gasteiger partial charge in [-0.2, -0.15) is 10.1 Å². The van der Waals surface area contributed by atoms with Gasteiger partial charge in [0.2, 0.25) is 5.95 Å². The Hall–Kier alpha value is -2.01. The second kappa shape index (κ2) is 7.08. The third-order valence-electron chi connectivity index (χ3n) is 3.78. The monoisotopic (exact) mass is 381 g/mol. The summed E-state index contributed by atoms with van der Waals surface area (Å²) >= 11 is 3.42. The molecule has 134 valence electrons. The summed E-state index contributed by atoms with van der Waals surface area (Å²) in [6, 6.07) is 0. The smallest absolute Gasteiger partial charge is 0.306 e. The van der Waals surface area contributed by atoms with Crippen LogP contribution in [0, 0.1) is 0 Å². The van der Waals surface area contributed by atoms with Crippen molar-refractivity contribution in [1.29, 1.82) is 0 Å². The standard InChI is InChI=1S/C14H19N7O2S2/c1-8(7-25-13-15-5-6-24-13)17-18-12-16-10-9(19(12)2)11(22)21(4)14(23)20(10)3/h5-7H2,1-4H3,(H,16,18). The van der Waals surface area contributed by atoms with Crippen LogP contribution in [0.4, 0.5) is 5.95 Å². The highest BCUT2D eigenvalue weighted by atomic mass is 32.2. The Balaban J connectivity index is 1.84. The first-order valence-corrected chi connectivity index (χ1v) is 9.59. The van der Waals surface area contributed by atoms with E-state index in [1.807, 2.05) is 6.92 Å². The van der Waals surface area contributed by atoms with Gasteiger partial charge in [-0.05, 0) is 6.92 Å². The number of nitrogens with zero attached hydrogens (tertiary/aromatic N) is 6. The van der Waals surface area contributed by atoms with Gasteiger partial charge in [0.25, 0.3) is 5.56 Å². The zero-order valence-corrected chi connectivity index (χ0v) is 16.1. The Bertz CT molecular complexity index is 999. The summed E-state index contributed by atoms with van der Waals surface area (Å²) in [5.41, 5.74) is 3.66. The number of rotatable bonds is 4. The van der Waals surface area contributed by atoms with Gasteiger partial charge in [0.05, 0.1) is 6.54 Å². The molecule has 3 heterocycles. The van der Waals surface area contributed by atoms with Crippen LogP contribution in [0.15, 0.2) is 19.7 Å². The molecule has 1 aliphatic heterocycles. The molecule has 0 amide bonds. The van der Waals surface area contributed by atoms with Crippen LogP contribution in [0.3, 0.4) is 0 Å². The molecule has 0 fully saturated rings. The van der Waals surface area contributed by atoms with E-state index in [2.05, 4.69) is 20.5 Å². The fraction of sp³-hybridized carbons (Fsp3) is 0.500. The van der Waals surface area contributed by atoms with Gasteiger partial charge in [0.15, 0.2) is 11.2 Å². The Morgan fingerprint density at radius 1 is 1.28 bits per heavy atom. The molecule has 1 aliphatic rings. The predicted octanol–water partition coefficient (Wildman–Crippen LogP) is 0.594. The maximum Gasteiger partial charge on any atom is 0.332 e. The van der Waals surface area contributed by atoms with Crippen LogP contribution in [0.5, 0.6) is 0 Å². The summed E-state index contributed by atoms with van der Waals surface area (Å²) in [5.74, 6) is 2.18. The van der Waals surface area contributed by atoms with Crippen LogP contribution in [0.1, 0.15) is 6.92 Å². The van der Waals surface area contributed by atoms with E-state index in [9.17, 15) is 9.59 Å². The number of anilines is 1. The second-order valence-corrected chi connectivity index (χ2v) is 7.92. The fourth-order valence-corrected chi connectivity index (χ4v) is 4.24. The first kappa shape index (κ1) is 17.8. The first-order valence-electron chi connectivity index (χ1n) is 7.61. The largest absolute Gasteiger partial charge is 0.332 e. The normalized spacial score (nSPS) is 15.0. The van der Waals surface area contributed by atoms with Gasteiger partial charge in [-0.25, -0.2) is 10.2 Å². The molecule has 0 atom stereocenters. The molecule has 2 aromatic heterocycles. The third-order valence-corrected chi connectivity index (χ3v) is 6.19. The van der Waals surface area contributed by atoms with Gasteiger partial charge in [-0.1, -0.05) is 23.5 Å². The average molecular weight is 381 g/mol. The van der Waals surface area contributed by atoms with Crippen molar-refractivity contribution in [2.75, 3.05) is 23.5 Å². The molecular formula is C14H19N7O2S2. The molecule has 3 rings (SSSR count). The number of hydrogen-bond donors (Lipinski definition) is 1. The van der Waals surface area contributed by atoms with Crippen molar-refractivity contribution < 1.29 is 0 Å². The van der Waals surface area contributed by atoms with Crippen LogP contribution >= 0.6 is 23.5 Å². The zero-order valence-electron chi connectivity index (χ0n) is 14.4. The van der Waals surface area contributed by atoms with Crippen molar-refractivity contribution in [3.05, 3.63) is 20.8 Å². The van der Waals surface area contributed by atoms with Crippen LogP contribution in [0.25, 0.3) is 11.2 Å². The number of aliphatic imine (C=N–C) groups is 1. The average Bonchev–Trinajstić information content (AvgIpc) is 3.22. The van der Waals surface area contributed by atoms with Crippen molar-refractivity contribution in [2.45, 2.75) is 6.92 Å². The Kier molecular flexibility index (Phi) is 5.04. The van der Waals surface area contributed by atoms with Crippen molar-refractivity contribution >= 4 is 50.7 Å². The number of nitrogens with one attached hydrogen (secondary N) is 1. The van der Waals surface area contributed by atoms with E-state index in [0.717, 1.165) is 32.7 Å². The summed E-state index contributed by atoms with van der Waals surface area (Å²) in [6.07, 6.45) is 0. The molecule has 0 unspecified atom stereocenters. The molecule has 11 heteroatoms. The lowest BCUT2D eigenvalue weighted by Gasteiger charge is -2.04. The Labute approximate surface area is 152 Å². The van der Waals surface area contributed by atoms with Crippen LogP contribution in [-0.2, 0) is 21.1 Å². The molecule has 0 saturated carbocycles. The summed E-state index contributed by atoms with van der Waals surface area (Å²) in [7, 11) is 4.76. The molecule has 0 spiro atoms. The third kappa shape index (κ3) is 3.38. The highest BCUT2D eigenvalue weighted by Gasteiger charge is 2.16. The zero-order chi connectivity index (χ0) is 18.1. The maximum atomic E-state index is 12.3. The highest BCUT2D eigenvalue weighted by molar-refractivity contribution is 8.39. The van der Waals surface area contributed by atoms with Gasteiger partial charge in [-0.3, -0.25) is 18.9 Å². The van der Waals surface area contributed by atoms with Gasteiger partial charge in [0.1, 0.15) is 4.38 Å². The number of fused-ring (bicyclic) bond motifs is 1. The summed E-state index contributed by atoms with van der Waals surface area (Å²) < 4.78 is 5.12. The molecule has 0 aliphatic carbocycles. The van der Waals surface area contributed by atoms with E-state index < -0.39 is 5.69 Å². The van der Waals surface area contributed by atoms with E-state index >= 15 is 0 Å². The number of imidazole rings is 1.